The molecule has 39 heavy (non-hydrogen) atoms. The number of amides is 1. The van der Waals surface area contributed by atoms with E-state index in [1.54, 1.807) is 4.90 Å². The lowest BCUT2D eigenvalue weighted by atomic mass is 9.94. The van der Waals surface area contributed by atoms with Crippen molar-refractivity contribution >= 4 is 29.2 Å². The highest BCUT2D eigenvalue weighted by Crippen LogP contribution is 2.45. The first kappa shape index (κ1) is 27.1. The Morgan fingerprint density at radius 3 is 2.49 bits per heavy atom. The van der Waals surface area contributed by atoms with Gasteiger partial charge in [-0.25, -0.2) is 15.0 Å². The molecule has 3 aromatic rings. The van der Waals surface area contributed by atoms with Crippen molar-refractivity contribution in [2.45, 2.75) is 91.1 Å². The summed E-state index contributed by atoms with van der Waals surface area (Å²) in [5, 5.41) is 8.30. The number of hydrogen-bond acceptors (Lipinski definition) is 7. The molecule has 0 spiro atoms. The van der Waals surface area contributed by atoms with Crippen LogP contribution in [0.5, 0.6) is 0 Å². The van der Waals surface area contributed by atoms with Crippen LogP contribution in [0, 0.1) is 5.92 Å². The fourth-order valence-corrected chi connectivity index (χ4v) is 5.86. The minimum absolute atomic E-state index is 0.0673. The second-order valence-electron chi connectivity index (χ2n) is 11.3. The van der Waals surface area contributed by atoms with E-state index in [0.29, 0.717) is 17.7 Å². The van der Waals surface area contributed by atoms with Crippen molar-refractivity contribution in [3.8, 4) is 11.3 Å². The van der Waals surface area contributed by atoms with Crippen molar-refractivity contribution < 1.29 is 4.79 Å². The summed E-state index contributed by atoms with van der Waals surface area (Å²) in [5.41, 5.74) is 5.31. The average molecular weight is 531 g/mol. The highest BCUT2D eigenvalue weighted by Gasteiger charge is 2.36. The van der Waals surface area contributed by atoms with Crippen LogP contribution in [-0.4, -0.2) is 49.8 Å². The Bertz CT molecular complexity index is 1340. The maximum Gasteiger partial charge on any atom is 0.249 e. The van der Waals surface area contributed by atoms with Gasteiger partial charge < -0.3 is 15.1 Å². The molecule has 2 aliphatic rings. The normalized spacial score (nSPS) is 17.4. The van der Waals surface area contributed by atoms with E-state index in [-0.39, 0.29) is 18.0 Å². The van der Waals surface area contributed by atoms with Crippen molar-refractivity contribution in [2.24, 2.45) is 13.0 Å². The lowest BCUT2D eigenvalue weighted by Crippen LogP contribution is -2.53. The molecule has 1 aliphatic carbocycles. The average Bonchev–Trinajstić information content (AvgIpc) is 3.71. The minimum atomic E-state index is -0.283. The van der Waals surface area contributed by atoms with Gasteiger partial charge in [0, 0.05) is 43.5 Å². The molecular formula is C30H42N8O. The summed E-state index contributed by atoms with van der Waals surface area (Å²) in [5.74, 6) is 3.24. The molecule has 1 saturated carbocycles. The van der Waals surface area contributed by atoms with Crippen molar-refractivity contribution in [3.05, 3.63) is 35.8 Å². The van der Waals surface area contributed by atoms with Crippen LogP contribution in [0.4, 0.5) is 23.3 Å². The van der Waals surface area contributed by atoms with Crippen molar-refractivity contribution in [3.63, 3.8) is 0 Å². The van der Waals surface area contributed by atoms with Crippen molar-refractivity contribution in [1.29, 1.82) is 0 Å². The molecule has 1 N–H and O–H groups in total. The van der Waals surface area contributed by atoms with Crippen LogP contribution in [-0.2, 0) is 18.3 Å². The van der Waals surface area contributed by atoms with Gasteiger partial charge in [-0.15, -0.1) is 0 Å². The highest BCUT2D eigenvalue weighted by molar-refractivity contribution is 6.04. The zero-order chi connectivity index (χ0) is 27.8. The van der Waals surface area contributed by atoms with Gasteiger partial charge in [0.15, 0.2) is 5.82 Å². The van der Waals surface area contributed by atoms with Gasteiger partial charge in [-0.3, -0.25) is 9.48 Å². The molecule has 1 atom stereocenters. The van der Waals surface area contributed by atoms with Crippen LogP contribution in [0.25, 0.3) is 11.3 Å². The molecule has 208 valence electrons. The summed E-state index contributed by atoms with van der Waals surface area (Å²) in [6.07, 6.45) is 8.73. The van der Waals surface area contributed by atoms with Crippen LogP contribution in [0.15, 0.2) is 24.4 Å². The molecule has 9 heteroatoms. The molecule has 1 fully saturated rings. The van der Waals surface area contributed by atoms with Gasteiger partial charge in [0.1, 0.15) is 11.9 Å². The standard InChI is InChI=1S/C30H42N8O/c1-8-20(9-2)10-13-23-26(27(21-11-12-21)35-37(23)7)22-16-17-31-30(32-22)34-25-15-14-24-28(33-25)38(18(3)4)19(5)29(39)36(24)6/h14-21H,8-13H2,1-7H3,(H,31,32,33,34)/t19-/m1/s1. The summed E-state index contributed by atoms with van der Waals surface area (Å²) < 4.78 is 2.07. The second-order valence-corrected chi connectivity index (χ2v) is 11.3. The number of aryl methyl sites for hydroxylation is 1. The number of nitrogens with zero attached hydrogens (tertiary/aromatic N) is 7. The number of aromatic nitrogens is 5. The quantitative estimate of drug-likeness (QED) is 0.352. The van der Waals surface area contributed by atoms with Gasteiger partial charge in [0.05, 0.1) is 17.1 Å². The van der Waals surface area contributed by atoms with E-state index in [0.717, 1.165) is 36.0 Å². The van der Waals surface area contributed by atoms with E-state index in [1.165, 1.54) is 42.6 Å². The summed E-state index contributed by atoms with van der Waals surface area (Å²) in [4.78, 5) is 31.0. The monoisotopic (exact) mass is 530 g/mol. The Morgan fingerprint density at radius 2 is 1.82 bits per heavy atom. The fraction of sp³-hybridized carbons (Fsp3) is 0.567. The predicted molar refractivity (Wildman–Crippen MR) is 157 cm³/mol. The molecule has 9 nitrogen and oxygen atoms in total. The third-order valence-corrected chi connectivity index (χ3v) is 8.37. The van der Waals surface area contributed by atoms with Gasteiger partial charge in [0.2, 0.25) is 11.9 Å². The number of hydrogen-bond donors (Lipinski definition) is 1. The lowest BCUT2D eigenvalue weighted by molar-refractivity contribution is -0.119. The number of pyridine rings is 1. The Morgan fingerprint density at radius 1 is 1.08 bits per heavy atom. The van der Waals surface area contributed by atoms with Gasteiger partial charge >= 0.3 is 0 Å². The third-order valence-electron chi connectivity index (χ3n) is 8.37. The van der Waals surface area contributed by atoms with E-state index in [2.05, 4.69) is 54.6 Å². The number of carbonyl (C=O) groups excluding carboxylic acids is 1. The van der Waals surface area contributed by atoms with E-state index in [4.69, 9.17) is 15.1 Å². The van der Waals surface area contributed by atoms with Gasteiger partial charge in [-0.1, -0.05) is 26.7 Å². The first-order valence-electron chi connectivity index (χ1n) is 14.5. The molecule has 0 saturated heterocycles. The van der Waals surface area contributed by atoms with Crippen LogP contribution in [0.3, 0.4) is 0 Å². The molecule has 0 aromatic carbocycles. The zero-order valence-corrected chi connectivity index (χ0v) is 24.4. The summed E-state index contributed by atoms with van der Waals surface area (Å²) in [7, 11) is 3.88. The third kappa shape index (κ3) is 5.23. The van der Waals surface area contributed by atoms with E-state index >= 15 is 0 Å². The largest absolute Gasteiger partial charge is 0.341 e. The van der Waals surface area contributed by atoms with Crippen LogP contribution >= 0.6 is 0 Å². The van der Waals surface area contributed by atoms with E-state index < -0.39 is 0 Å². The molecule has 3 aromatic heterocycles. The number of rotatable bonds is 10. The first-order valence-corrected chi connectivity index (χ1v) is 14.5. The van der Waals surface area contributed by atoms with Crippen LogP contribution < -0.4 is 15.1 Å². The van der Waals surface area contributed by atoms with Crippen molar-refractivity contribution in [2.75, 3.05) is 22.2 Å². The Kier molecular flexibility index (Phi) is 7.60. The van der Waals surface area contributed by atoms with E-state index in [9.17, 15) is 4.79 Å². The predicted octanol–water partition coefficient (Wildman–Crippen LogP) is 5.84. The highest BCUT2D eigenvalue weighted by atomic mass is 16.2. The Balaban J connectivity index is 1.47. The first-order chi connectivity index (χ1) is 18.7. The number of nitrogens with one attached hydrogen (secondary N) is 1. The molecule has 1 amide bonds. The zero-order valence-electron chi connectivity index (χ0n) is 24.4. The number of anilines is 4. The number of likely N-dealkylation sites (N-methyl/N-ethyl adjacent to an activating group) is 1. The summed E-state index contributed by atoms with van der Waals surface area (Å²) in [6, 6.07) is 5.67. The molecule has 0 bridgehead atoms. The fourth-order valence-electron chi connectivity index (χ4n) is 5.86. The smallest absolute Gasteiger partial charge is 0.249 e. The summed E-state index contributed by atoms with van der Waals surface area (Å²) in [6.45, 7) is 10.7. The topological polar surface area (TPSA) is 92.1 Å². The maximum atomic E-state index is 12.8. The maximum absolute atomic E-state index is 12.8. The van der Waals surface area contributed by atoms with E-state index in [1.807, 2.05) is 38.4 Å². The molecular weight excluding hydrogens is 488 g/mol. The van der Waals surface area contributed by atoms with Crippen LogP contribution in [0.1, 0.15) is 84.0 Å². The number of fused-ring (bicyclic) bond motifs is 1. The SMILES string of the molecule is CCC(CC)CCc1c(-c2ccnc(Nc3ccc4c(n3)N(C(C)C)[C@H](C)C(=O)N4C)n2)c(C2CC2)nn1C. The van der Waals surface area contributed by atoms with Gasteiger partial charge in [-0.05, 0) is 70.6 Å². The molecule has 1 aliphatic heterocycles. The lowest BCUT2D eigenvalue weighted by Gasteiger charge is -2.41. The molecule has 4 heterocycles. The minimum Gasteiger partial charge on any atom is -0.341 e. The van der Waals surface area contributed by atoms with Crippen LogP contribution in [0.2, 0.25) is 0 Å². The second kappa shape index (κ2) is 10.9. The molecule has 0 unspecified atom stereocenters. The van der Waals surface area contributed by atoms with Gasteiger partial charge in [-0.2, -0.15) is 5.10 Å². The van der Waals surface area contributed by atoms with Gasteiger partial charge in [0.25, 0.3) is 0 Å². The number of carbonyl (C=O) groups is 1. The molecule has 5 rings (SSSR count). The molecule has 0 radical (unpaired) electrons. The Hall–Kier alpha value is -3.49. The Labute approximate surface area is 232 Å². The summed E-state index contributed by atoms with van der Waals surface area (Å²) >= 11 is 0. The van der Waals surface area contributed by atoms with Crippen molar-refractivity contribution in [1.82, 2.24) is 24.7 Å².